The lowest BCUT2D eigenvalue weighted by Crippen LogP contribution is -2.21. The number of aliphatic carboxylic acids is 1. The van der Waals surface area contributed by atoms with Gasteiger partial charge in [-0.15, -0.1) is 0 Å². The van der Waals surface area contributed by atoms with Crippen molar-refractivity contribution in [3.63, 3.8) is 0 Å². The quantitative estimate of drug-likeness (QED) is 0.682. The molecule has 2 N–H and O–H groups in total. The predicted octanol–water partition coefficient (Wildman–Crippen LogP) is 1.13. The van der Waals surface area contributed by atoms with E-state index in [1.54, 1.807) is 0 Å². The van der Waals surface area contributed by atoms with Crippen LogP contribution in [-0.2, 0) is 4.79 Å². The summed E-state index contributed by atoms with van der Waals surface area (Å²) < 4.78 is 0.788. The Balaban J connectivity index is 3.47. The first-order valence-corrected chi connectivity index (χ1v) is 3.78. The lowest BCUT2D eigenvalue weighted by atomic mass is 10.3. The van der Waals surface area contributed by atoms with Crippen molar-refractivity contribution in [2.75, 3.05) is 13.1 Å². The van der Waals surface area contributed by atoms with E-state index in [2.05, 4.69) is 34.4 Å². The van der Waals surface area contributed by atoms with Crippen LogP contribution in [0.25, 0.3) is 0 Å². The van der Waals surface area contributed by atoms with Crippen molar-refractivity contribution in [2.24, 2.45) is 0 Å². The fourth-order valence-corrected chi connectivity index (χ4v) is 0.623. The third-order valence-electron chi connectivity index (χ3n) is 0.958. The van der Waals surface area contributed by atoms with Crippen LogP contribution in [0.1, 0.15) is 0 Å². The summed E-state index contributed by atoms with van der Waals surface area (Å²) in [5.74, 6) is -0.974. The van der Waals surface area contributed by atoms with Crippen molar-refractivity contribution in [2.45, 2.75) is 0 Å². The molecule has 0 aliphatic carbocycles. The van der Waals surface area contributed by atoms with Gasteiger partial charge in [-0.3, -0.25) is 0 Å². The second kappa shape index (κ2) is 5.09. The Morgan fingerprint density at radius 3 is 2.36 bits per heavy atom. The summed E-state index contributed by atoms with van der Waals surface area (Å²) in [6, 6.07) is 0. The molecule has 0 heterocycles. The molecular weight excluding hydrogens is 210 g/mol. The lowest BCUT2D eigenvalue weighted by Gasteiger charge is -2.01. The molecule has 0 fully saturated rings. The first-order chi connectivity index (χ1) is 5.04. The van der Waals surface area contributed by atoms with Crippen LogP contribution in [-0.4, -0.2) is 24.2 Å². The standard InChI is InChI=1S/C7H10BrNO2/c1-5(7(10)11)3-9-4-6(2)8/h9H,1-4H2,(H,10,11). The fraction of sp³-hybridized carbons (Fsp3) is 0.286. The number of carboxylic acids is 1. The van der Waals surface area contributed by atoms with Gasteiger partial charge < -0.3 is 10.4 Å². The van der Waals surface area contributed by atoms with Crippen LogP contribution < -0.4 is 5.32 Å². The van der Waals surface area contributed by atoms with Gasteiger partial charge in [0.2, 0.25) is 0 Å². The van der Waals surface area contributed by atoms with Gasteiger partial charge in [-0.05, 0) is 0 Å². The van der Waals surface area contributed by atoms with Gasteiger partial charge in [0.25, 0.3) is 0 Å². The van der Waals surface area contributed by atoms with Crippen molar-refractivity contribution < 1.29 is 9.90 Å². The average Bonchev–Trinajstić information content (AvgIpc) is 1.86. The molecule has 0 aliphatic rings. The molecule has 0 aliphatic heterocycles. The summed E-state index contributed by atoms with van der Waals surface area (Å²) in [7, 11) is 0. The third kappa shape index (κ3) is 5.82. The molecule has 0 aromatic rings. The van der Waals surface area contributed by atoms with Gasteiger partial charge >= 0.3 is 5.97 Å². The number of carbonyl (C=O) groups is 1. The molecule has 0 unspecified atom stereocenters. The summed E-state index contributed by atoms with van der Waals surface area (Å²) in [4.78, 5) is 10.2. The Bertz CT molecular complexity index is 189. The first kappa shape index (κ1) is 10.4. The zero-order valence-electron chi connectivity index (χ0n) is 6.06. The first-order valence-electron chi connectivity index (χ1n) is 2.99. The molecule has 4 heteroatoms. The van der Waals surface area contributed by atoms with E-state index in [0.29, 0.717) is 6.54 Å². The molecule has 11 heavy (non-hydrogen) atoms. The number of nitrogens with one attached hydrogen (secondary N) is 1. The molecular formula is C7H10BrNO2. The van der Waals surface area contributed by atoms with Crippen molar-refractivity contribution >= 4 is 21.9 Å². The topological polar surface area (TPSA) is 49.3 Å². The van der Waals surface area contributed by atoms with Gasteiger partial charge in [-0.1, -0.05) is 29.1 Å². The van der Waals surface area contributed by atoms with E-state index in [9.17, 15) is 4.79 Å². The lowest BCUT2D eigenvalue weighted by molar-refractivity contribution is -0.132. The summed E-state index contributed by atoms with van der Waals surface area (Å²) >= 11 is 3.13. The molecule has 0 atom stereocenters. The van der Waals surface area contributed by atoms with Crippen molar-refractivity contribution in [1.29, 1.82) is 0 Å². The second-order valence-corrected chi connectivity index (χ2v) is 3.15. The zero-order valence-corrected chi connectivity index (χ0v) is 7.65. The van der Waals surface area contributed by atoms with Gasteiger partial charge in [0, 0.05) is 23.1 Å². The molecule has 0 aromatic heterocycles. The van der Waals surface area contributed by atoms with E-state index in [-0.39, 0.29) is 12.1 Å². The van der Waals surface area contributed by atoms with Gasteiger partial charge in [0.1, 0.15) is 0 Å². The highest BCUT2D eigenvalue weighted by Crippen LogP contribution is 1.97. The highest BCUT2D eigenvalue weighted by Gasteiger charge is 2.01. The van der Waals surface area contributed by atoms with Crippen molar-refractivity contribution in [3.8, 4) is 0 Å². The van der Waals surface area contributed by atoms with E-state index in [4.69, 9.17) is 5.11 Å². The van der Waals surface area contributed by atoms with Gasteiger partial charge in [0.15, 0.2) is 0 Å². The smallest absolute Gasteiger partial charge is 0.332 e. The third-order valence-corrected chi connectivity index (χ3v) is 1.24. The molecule has 3 nitrogen and oxygen atoms in total. The number of hydrogen-bond acceptors (Lipinski definition) is 2. The van der Waals surface area contributed by atoms with Crippen LogP contribution in [0, 0.1) is 0 Å². The summed E-state index contributed by atoms with van der Waals surface area (Å²) in [5, 5.41) is 11.2. The van der Waals surface area contributed by atoms with E-state index >= 15 is 0 Å². The summed E-state index contributed by atoms with van der Waals surface area (Å²) in [5.41, 5.74) is 0.152. The zero-order chi connectivity index (χ0) is 8.85. The predicted molar refractivity (Wildman–Crippen MR) is 47.7 cm³/mol. The highest BCUT2D eigenvalue weighted by atomic mass is 79.9. The van der Waals surface area contributed by atoms with Gasteiger partial charge in [-0.2, -0.15) is 0 Å². The van der Waals surface area contributed by atoms with Crippen LogP contribution in [0.5, 0.6) is 0 Å². The minimum absolute atomic E-state index is 0.152. The fourth-order valence-electron chi connectivity index (χ4n) is 0.425. The van der Waals surface area contributed by atoms with E-state index in [1.165, 1.54) is 0 Å². The van der Waals surface area contributed by atoms with Crippen LogP contribution in [0.15, 0.2) is 23.2 Å². The molecule has 62 valence electrons. The number of hydrogen-bond donors (Lipinski definition) is 2. The molecule has 0 radical (unpaired) electrons. The van der Waals surface area contributed by atoms with Crippen LogP contribution in [0.4, 0.5) is 0 Å². The summed E-state index contributed by atoms with van der Waals surface area (Å²) in [6.45, 7) is 7.74. The van der Waals surface area contributed by atoms with Crippen LogP contribution in [0.3, 0.4) is 0 Å². The Kier molecular flexibility index (Phi) is 4.81. The molecule has 0 amide bonds. The Hall–Kier alpha value is -0.610. The van der Waals surface area contributed by atoms with E-state index in [0.717, 1.165) is 4.48 Å². The maximum Gasteiger partial charge on any atom is 0.332 e. The molecule has 0 spiro atoms. The largest absolute Gasteiger partial charge is 0.478 e. The Morgan fingerprint density at radius 1 is 1.45 bits per heavy atom. The van der Waals surface area contributed by atoms with E-state index < -0.39 is 5.97 Å². The van der Waals surface area contributed by atoms with Gasteiger partial charge in [-0.25, -0.2) is 4.79 Å². The second-order valence-electron chi connectivity index (χ2n) is 2.03. The minimum Gasteiger partial charge on any atom is -0.478 e. The van der Waals surface area contributed by atoms with E-state index in [1.807, 2.05) is 0 Å². The molecule has 0 bridgehead atoms. The maximum absolute atomic E-state index is 10.2. The Labute approximate surface area is 73.9 Å². The Morgan fingerprint density at radius 2 is 2.00 bits per heavy atom. The average molecular weight is 220 g/mol. The van der Waals surface area contributed by atoms with Crippen LogP contribution in [0.2, 0.25) is 0 Å². The number of halogens is 1. The maximum atomic E-state index is 10.2. The monoisotopic (exact) mass is 219 g/mol. The van der Waals surface area contributed by atoms with Crippen LogP contribution >= 0.6 is 15.9 Å². The minimum atomic E-state index is -0.974. The normalized spacial score (nSPS) is 9.18. The molecule has 0 aromatic carbocycles. The highest BCUT2D eigenvalue weighted by molar-refractivity contribution is 9.11. The van der Waals surface area contributed by atoms with Crippen molar-refractivity contribution in [3.05, 3.63) is 23.2 Å². The molecule has 0 saturated carbocycles. The molecule has 0 saturated heterocycles. The molecule has 0 rings (SSSR count). The van der Waals surface area contributed by atoms with Gasteiger partial charge in [0.05, 0.1) is 0 Å². The summed E-state index contributed by atoms with van der Waals surface area (Å²) in [6.07, 6.45) is 0. The number of rotatable bonds is 5. The number of carboxylic acid groups (broad SMARTS) is 1. The van der Waals surface area contributed by atoms with Crippen molar-refractivity contribution in [1.82, 2.24) is 5.32 Å². The SMILES string of the molecule is C=C(Br)CNCC(=C)C(=O)O.